The summed E-state index contributed by atoms with van der Waals surface area (Å²) < 4.78 is 35.9. The van der Waals surface area contributed by atoms with Gasteiger partial charge in [0, 0.05) is 32.0 Å². The van der Waals surface area contributed by atoms with Gasteiger partial charge < -0.3 is 10.2 Å². The van der Waals surface area contributed by atoms with Crippen molar-refractivity contribution >= 4 is 11.4 Å². The predicted molar refractivity (Wildman–Crippen MR) is 64.7 cm³/mol. The number of nitrogens with zero attached hydrogens (tertiary/aromatic N) is 1. The summed E-state index contributed by atoms with van der Waals surface area (Å²) >= 11 is 0. The third-order valence-electron chi connectivity index (χ3n) is 2.43. The van der Waals surface area contributed by atoms with E-state index in [0.717, 1.165) is 11.3 Å². The summed E-state index contributed by atoms with van der Waals surface area (Å²) in [5.74, 6) is 0. The van der Waals surface area contributed by atoms with E-state index in [1.807, 2.05) is 38.1 Å². The van der Waals surface area contributed by atoms with Gasteiger partial charge in [0.15, 0.2) is 0 Å². The van der Waals surface area contributed by atoms with E-state index in [1.165, 1.54) is 0 Å². The zero-order valence-corrected chi connectivity index (χ0v) is 10.2. The Labute approximate surface area is 99.4 Å². The van der Waals surface area contributed by atoms with Crippen molar-refractivity contribution in [2.75, 3.05) is 30.9 Å². The van der Waals surface area contributed by atoms with E-state index >= 15 is 0 Å². The van der Waals surface area contributed by atoms with Crippen LogP contribution in [0, 0.1) is 6.92 Å². The lowest BCUT2D eigenvalue weighted by molar-refractivity contribution is -0.131. The first kappa shape index (κ1) is 13.7. The molecule has 0 saturated carbocycles. The number of hydrogen-bond donors (Lipinski definition) is 1. The highest BCUT2D eigenvalue weighted by Crippen LogP contribution is 2.23. The van der Waals surface area contributed by atoms with Crippen LogP contribution in [0.4, 0.5) is 24.5 Å². The van der Waals surface area contributed by atoms with E-state index in [2.05, 4.69) is 5.32 Å². The van der Waals surface area contributed by atoms with E-state index < -0.39 is 12.6 Å². The Morgan fingerprint density at radius 3 is 2.41 bits per heavy atom. The van der Waals surface area contributed by atoms with Gasteiger partial charge in [0.25, 0.3) is 0 Å². The van der Waals surface area contributed by atoms with E-state index in [0.29, 0.717) is 5.69 Å². The number of halogens is 3. The maximum absolute atomic E-state index is 12.0. The number of alkyl halides is 3. The highest BCUT2D eigenvalue weighted by Gasteiger charge is 2.26. The van der Waals surface area contributed by atoms with Gasteiger partial charge in [0.1, 0.15) is 0 Å². The van der Waals surface area contributed by atoms with Crippen molar-refractivity contribution in [3.05, 3.63) is 23.8 Å². The molecule has 0 aliphatic heterocycles. The second-order valence-electron chi connectivity index (χ2n) is 4.19. The van der Waals surface area contributed by atoms with Crippen molar-refractivity contribution in [1.82, 2.24) is 0 Å². The SMILES string of the molecule is Cc1ccc(NCCC(F)(F)F)cc1N(C)C. The van der Waals surface area contributed by atoms with Gasteiger partial charge in [-0.2, -0.15) is 13.2 Å². The smallest absolute Gasteiger partial charge is 0.385 e. The lowest BCUT2D eigenvalue weighted by Gasteiger charge is -2.17. The number of hydrogen-bond acceptors (Lipinski definition) is 2. The van der Waals surface area contributed by atoms with Gasteiger partial charge in [-0.15, -0.1) is 0 Å². The fourth-order valence-electron chi connectivity index (χ4n) is 1.55. The van der Waals surface area contributed by atoms with E-state index in [1.54, 1.807) is 6.07 Å². The minimum Gasteiger partial charge on any atom is -0.385 e. The first-order chi connectivity index (χ1) is 7.79. The number of benzene rings is 1. The van der Waals surface area contributed by atoms with Crippen LogP contribution in [0.2, 0.25) is 0 Å². The summed E-state index contributed by atoms with van der Waals surface area (Å²) in [5.41, 5.74) is 2.81. The summed E-state index contributed by atoms with van der Waals surface area (Å²) in [7, 11) is 3.81. The Hall–Kier alpha value is -1.39. The second-order valence-corrected chi connectivity index (χ2v) is 4.19. The molecular weight excluding hydrogens is 229 g/mol. The van der Waals surface area contributed by atoms with Crippen LogP contribution in [0.3, 0.4) is 0 Å². The van der Waals surface area contributed by atoms with Crippen LogP contribution in [0.5, 0.6) is 0 Å². The molecule has 96 valence electrons. The summed E-state index contributed by atoms with van der Waals surface area (Å²) in [5, 5.41) is 2.78. The van der Waals surface area contributed by atoms with Gasteiger partial charge in [0.05, 0.1) is 6.42 Å². The molecule has 0 bridgehead atoms. The molecule has 0 atom stereocenters. The largest absolute Gasteiger partial charge is 0.390 e. The summed E-state index contributed by atoms with van der Waals surface area (Å²) in [4.78, 5) is 1.93. The predicted octanol–water partition coefficient (Wildman–Crippen LogP) is 3.43. The third kappa shape index (κ3) is 4.54. The monoisotopic (exact) mass is 246 g/mol. The number of anilines is 2. The Morgan fingerprint density at radius 2 is 1.88 bits per heavy atom. The van der Waals surface area contributed by atoms with Crippen molar-refractivity contribution in [1.29, 1.82) is 0 Å². The summed E-state index contributed by atoms with van der Waals surface area (Å²) in [6, 6.07) is 5.54. The molecule has 0 radical (unpaired) electrons. The first-order valence-corrected chi connectivity index (χ1v) is 5.38. The van der Waals surface area contributed by atoms with Gasteiger partial charge in [-0.1, -0.05) is 6.07 Å². The lowest BCUT2D eigenvalue weighted by atomic mass is 10.1. The molecule has 2 nitrogen and oxygen atoms in total. The molecule has 1 aromatic rings. The van der Waals surface area contributed by atoms with Crippen LogP contribution in [0.25, 0.3) is 0 Å². The molecule has 0 aromatic heterocycles. The Balaban J connectivity index is 2.64. The number of nitrogens with one attached hydrogen (secondary N) is 1. The zero-order valence-electron chi connectivity index (χ0n) is 10.2. The molecule has 0 aliphatic rings. The third-order valence-corrected chi connectivity index (χ3v) is 2.43. The molecule has 0 fully saturated rings. The summed E-state index contributed by atoms with van der Waals surface area (Å²) in [6.07, 6.45) is -4.93. The lowest BCUT2D eigenvalue weighted by Crippen LogP contribution is -2.15. The van der Waals surface area contributed by atoms with Crippen molar-refractivity contribution in [3.63, 3.8) is 0 Å². The molecule has 17 heavy (non-hydrogen) atoms. The number of rotatable bonds is 4. The minimum absolute atomic E-state index is 0.0978. The standard InChI is InChI=1S/C12H17F3N2/c1-9-4-5-10(8-11(9)17(2)3)16-7-6-12(13,14)15/h4-5,8,16H,6-7H2,1-3H3. The van der Waals surface area contributed by atoms with Crippen LogP contribution in [-0.4, -0.2) is 26.8 Å². The molecule has 0 saturated heterocycles. The average Bonchev–Trinajstić information content (AvgIpc) is 2.18. The summed E-state index contributed by atoms with van der Waals surface area (Å²) in [6.45, 7) is 1.87. The second kappa shape index (κ2) is 5.29. The molecule has 5 heteroatoms. The van der Waals surface area contributed by atoms with Gasteiger partial charge in [0.2, 0.25) is 0 Å². The highest BCUT2D eigenvalue weighted by molar-refractivity contribution is 5.61. The fourth-order valence-corrected chi connectivity index (χ4v) is 1.55. The van der Waals surface area contributed by atoms with Crippen LogP contribution in [0.1, 0.15) is 12.0 Å². The molecule has 0 spiro atoms. The van der Waals surface area contributed by atoms with E-state index in [-0.39, 0.29) is 6.54 Å². The van der Waals surface area contributed by atoms with Crippen molar-refractivity contribution in [2.45, 2.75) is 19.5 Å². The van der Waals surface area contributed by atoms with E-state index in [9.17, 15) is 13.2 Å². The first-order valence-electron chi connectivity index (χ1n) is 5.38. The molecule has 1 N–H and O–H groups in total. The highest BCUT2D eigenvalue weighted by atomic mass is 19.4. The molecule has 0 heterocycles. The average molecular weight is 246 g/mol. The number of aryl methyl sites for hydroxylation is 1. The van der Waals surface area contributed by atoms with Crippen molar-refractivity contribution < 1.29 is 13.2 Å². The molecule has 0 aliphatic carbocycles. The van der Waals surface area contributed by atoms with E-state index in [4.69, 9.17) is 0 Å². The zero-order chi connectivity index (χ0) is 13.1. The van der Waals surface area contributed by atoms with Crippen LogP contribution >= 0.6 is 0 Å². The van der Waals surface area contributed by atoms with Gasteiger partial charge in [-0.3, -0.25) is 0 Å². The maximum Gasteiger partial charge on any atom is 0.390 e. The molecule has 0 unspecified atom stereocenters. The topological polar surface area (TPSA) is 15.3 Å². The van der Waals surface area contributed by atoms with Gasteiger partial charge in [-0.25, -0.2) is 0 Å². The molecule has 1 aromatic carbocycles. The Bertz CT molecular complexity index is 373. The minimum atomic E-state index is -4.11. The Morgan fingerprint density at radius 1 is 1.24 bits per heavy atom. The van der Waals surface area contributed by atoms with Crippen LogP contribution < -0.4 is 10.2 Å². The Kier molecular flexibility index (Phi) is 4.26. The molecular formula is C12H17F3N2. The fraction of sp³-hybridized carbons (Fsp3) is 0.500. The molecule has 1 rings (SSSR count). The van der Waals surface area contributed by atoms with Crippen LogP contribution in [0.15, 0.2) is 18.2 Å². The van der Waals surface area contributed by atoms with Crippen molar-refractivity contribution in [3.8, 4) is 0 Å². The van der Waals surface area contributed by atoms with Gasteiger partial charge in [-0.05, 0) is 24.6 Å². The van der Waals surface area contributed by atoms with Gasteiger partial charge >= 0.3 is 6.18 Å². The quantitative estimate of drug-likeness (QED) is 0.875. The maximum atomic E-state index is 12.0. The van der Waals surface area contributed by atoms with Crippen LogP contribution in [-0.2, 0) is 0 Å². The van der Waals surface area contributed by atoms with Crippen molar-refractivity contribution in [2.24, 2.45) is 0 Å². The normalized spacial score (nSPS) is 11.4. The molecule has 0 amide bonds.